The summed E-state index contributed by atoms with van der Waals surface area (Å²) in [4.78, 5) is 15.8. The van der Waals surface area contributed by atoms with Crippen molar-refractivity contribution >= 4 is 28.7 Å². The van der Waals surface area contributed by atoms with Gasteiger partial charge in [-0.3, -0.25) is 10.0 Å². The Bertz CT molecular complexity index is 1110. The Morgan fingerprint density at radius 1 is 1.04 bits per heavy atom. The van der Waals surface area contributed by atoms with E-state index in [1.807, 2.05) is 54.6 Å². The molecular weight excluding hydrogens is 358 g/mol. The molecule has 0 spiro atoms. The number of benzene rings is 3. The molecule has 0 aliphatic rings. The number of hydrogen-bond acceptors (Lipinski definition) is 6. The van der Waals surface area contributed by atoms with Crippen molar-refractivity contribution in [3.63, 3.8) is 0 Å². The number of aromatic nitrogens is 1. The summed E-state index contributed by atoms with van der Waals surface area (Å²) in [6, 6.07) is 22.4. The van der Waals surface area contributed by atoms with Crippen molar-refractivity contribution in [3.05, 3.63) is 83.9 Å². The molecule has 4 aromatic rings. The quantitative estimate of drug-likeness (QED) is 0.344. The predicted molar refractivity (Wildman–Crippen MR) is 104 cm³/mol. The maximum atomic E-state index is 11.5. The smallest absolute Gasteiger partial charge is 0.300 e. The summed E-state index contributed by atoms with van der Waals surface area (Å²) in [6.07, 6.45) is 0. The summed E-state index contributed by atoms with van der Waals surface area (Å²) in [6.45, 7) is 0.475. The maximum absolute atomic E-state index is 11.5. The summed E-state index contributed by atoms with van der Waals surface area (Å²) in [5.74, 6) is 0.106. The molecule has 0 bridgehead atoms. The lowest BCUT2D eigenvalue weighted by atomic mass is 10.2. The van der Waals surface area contributed by atoms with Crippen molar-refractivity contribution in [2.75, 3.05) is 5.32 Å². The van der Waals surface area contributed by atoms with Crippen LogP contribution < -0.4 is 15.5 Å². The first-order valence-corrected chi connectivity index (χ1v) is 8.60. The Kier molecular flexibility index (Phi) is 4.90. The van der Waals surface area contributed by atoms with Gasteiger partial charge in [-0.25, -0.2) is 5.48 Å². The van der Waals surface area contributed by atoms with Gasteiger partial charge in [-0.15, -0.1) is 0 Å². The topological polar surface area (TPSA) is 96.6 Å². The van der Waals surface area contributed by atoms with Gasteiger partial charge in [0.05, 0.1) is 0 Å². The van der Waals surface area contributed by atoms with Gasteiger partial charge in [-0.05, 0) is 35.9 Å². The van der Waals surface area contributed by atoms with Gasteiger partial charge in [0.25, 0.3) is 11.9 Å². The predicted octanol–water partition coefficient (Wildman–Crippen LogP) is 4.27. The van der Waals surface area contributed by atoms with E-state index in [1.165, 1.54) is 6.07 Å². The van der Waals surface area contributed by atoms with E-state index in [9.17, 15) is 4.79 Å². The summed E-state index contributed by atoms with van der Waals surface area (Å²) in [5, 5.41) is 11.8. The van der Waals surface area contributed by atoms with E-state index >= 15 is 0 Å². The zero-order valence-corrected chi connectivity index (χ0v) is 14.8. The molecule has 3 N–H and O–H groups in total. The van der Waals surface area contributed by atoms with E-state index in [-0.39, 0.29) is 11.6 Å². The van der Waals surface area contributed by atoms with E-state index in [2.05, 4.69) is 10.3 Å². The van der Waals surface area contributed by atoms with Crippen molar-refractivity contribution in [3.8, 4) is 5.75 Å². The molecule has 140 valence electrons. The summed E-state index contributed by atoms with van der Waals surface area (Å²) < 4.78 is 11.5. The van der Waals surface area contributed by atoms with Crippen LogP contribution in [0.3, 0.4) is 0 Å². The van der Waals surface area contributed by atoms with Crippen molar-refractivity contribution in [1.29, 1.82) is 0 Å². The van der Waals surface area contributed by atoms with Crippen molar-refractivity contribution in [1.82, 2.24) is 10.5 Å². The van der Waals surface area contributed by atoms with Crippen LogP contribution in [0.25, 0.3) is 11.1 Å². The number of oxazole rings is 1. The Morgan fingerprint density at radius 3 is 2.71 bits per heavy atom. The molecule has 4 rings (SSSR count). The van der Waals surface area contributed by atoms with Gasteiger partial charge in [0, 0.05) is 17.3 Å². The molecule has 0 radical (unpaired) electrons. The molecule has 0 fully saturated rings. The molecule has 7 heteroatoms. The Hall–Kier alpha value is -3.84. The fourth-order valence-electron chi connectivity index (χ4n) is 2.71. The highest BCUT2D eigenvalue weighted by Crippen LogP contribution is 2.25. The van der Waals surface area contributed by atoms with Crippen LogP contribution in [0.15, 0.2) is 77.2 Å². The number of anilines is 2. The monoisotopic (exact) mass is 375 g/mol. The summed E-state index contributed by atoms with van der Waals surface area (Å²) in [5.41, 5.74) is 4.74. The number of nitrogens with zero attached hydrogens (tertiary/aromatic N) is 1. The van der Waals surface area contributed by atoms with Crippen LogP contribution in [-0.2, 0) is 6.61 Å². The normalized spacial score (nSPS) is 10.6. The molecule has 0 aliphatic heterocycles. The van der Waals surface area contributed by atoms with E-state index in [0.29, 0.717) is 23.5 Å². The van der Waals surface area contributed by atoms with Gasteiger partial charge in [-0.1, -0.05) is 36.4 Å². The van der Waals surface area contributed by atoms with Crippen LogP contribution in [0.5, 0.6) is 5.75 Å². The molecule has 0 unspecified atom stereocenters. The van der Waals surface area contributed by atoms with Crippen molar-refractivity contribution < 1.29 is 19.2 Å². The number of ether oxygens (including phenoxy) is 1. The minimum Gasteiger partial charge on any atom is -0.489 e. The number of carbonyl (C=O) groups excluding carboxylic acids is 1. The number of carbonyl (C=O) groups is 1. The molecular formula is C21H17N3O4. The lowest BCUT2D eigenvalue weighted by Crippen LogP contribution is -2.18. The van der Waals surface area contributed by atoms with Gasteiger partial charge in [0.2, 0.25) is 0 Å². The standard InChI is InChI=1S/C21H17N3O4/c25-20(24-26)15-9-10-19-18(11-15)23-21(28-19)22-16-7-4-8-17(12-16)27-13-14-5-2-1-3-6-14/h1-12,26H,13H2,(H,22,23)(H,24,25). The molecule has 0 saturated carbocycles. The molecule has 1 aromatic heterocycles. The number of hydroxylamine groups is 1. The second-order valence-electron chi connectivity index (χ2n) is 6.07. The van der Waals surface area contributed by atoms with E-state index < -0.39 is 5.91 Å². The average molecular weight is 375 g/mol. The molecule has 3 aromatic carbocycles. The zero-order chi connectivity index (χ0) is 19.3. The van der Waals surface area contributed by atoms with Crippen LogP contribution >= 0.6 is 0 Å². The Labute approximate surface area is 160 Å². The molecule has 0 atom stereocenters. The lowest BCUT2D eigenvalue weighted by Gasteiger charge is -2.08. The maximum Gasteiger partial charge on any atom is 0.300 e. The van der Waals surface area contributed by atoms with Crippen molar-refractivity contribution in [2.45, 2.75) is 6.61 Å². The number of hydrogen-bond donors (Lipinski definition) is 3. The number of nitrogens with one attached hydrogen (secondary N) is 2. The van der Waals surface area contributed by atoms with Crippen LogP contribution in [0.2, 0.25) is 0 Å². The van der Waals surface area contributed by atoms with Gasteiger partial charge in [0.15, 0.2) is 5.58 Å². The van der Waals surface area contributed by atoms with Crippen LogP contribution in [-0.4, -0.2) is 16.1 Å². The molecule has 0 aliphatic carbocycles. The third-order valence-corrected chi connectivity index (χ3v) is 4.08. The zero-order valence-electron chi connectivity index (χ0n) is 14.8. The number of amides is 1. The second-order valence-corrected chi connectivity index (χ2v) is 6.07. The van der Waals surface area contributed by atoms with Crippen LogP contribution in [0.4, 0.5) is 11.7 Å². The highest BCUT2D eigenvalue weighted by Gasteiger charge is 2.10. The van der Waals surface area contributed by atoms with Gasteiger partial charge in [-0.2, -0.15) is 4.98 Å². The fourth-order valence-corrected chi connectivity index (χ4v) is 2.71. The molecule has 1 amide bonds. The second kappa shape index (κ2) is 7.81. The first-order chi connectivity index (χ1) is 13.7. The number of fused-ring (bicyclic) bond motifs is 1. The van der Waals surface area contributed by atoms with Gasteiger partial charge < -0.3 is 14.5 Å². The van der Waals surface area contributed by atoms with Crippen molar-refractivity contribution in [2.24, 2.45) is 0 Å². The number of rotatable bonds is 6. The van der Waals surface area contributed by atoms with Gasteiger partial charge >= 0.3 is 0 Å². The average Bonchev–Trinajstić information content (AvgIpc) is 3.14. The fraction of sp³-hybridized carbons (Fsp3) is 0.0476. The van der Waals surface area contributed by atoms with E-state index in [4.69, 9.17) is 14.4 Å². The minimum atomic E-state index is -0.609. The van der Waals surface area contributed by atoms with Crippen LogP contribution in [0.1, 0.15) is 15.9 Å². The van der Waals surface area contributed by atoms with Gasteiger partial charge in [0.1, 0.15) is 17.9 Å². The Morgan fingerprint density at radius 2 is 1.89 bits per heavy atom. The first-order valence-electron chi connectivity index (χ1n) is 8.60. The minimum absolute atomic E-state index is 0.283. The van der Waals surface area contributed by atoms with E-state index in [1.54, 1.807) is 17.6 Å². The molecule has 7 nitrogen and oxygen atoms in total. The molecule has 0 saturated heterocycles. The third kappa shape index (κ3) is 3.94. The largest absolute Gasteiger partial charge is 0.489 e. The third-order valence-electron chi connectivity index (χ3n) is 4.08. The lowest BCUT2D eigenvalue weighted by molar-refractivity contribution is 0.0706. The molecule has 28 heavy (non-hydrogen) atoms. The summed E-state index contributed by atoms with van der Waals surface area (Å²) >= 11 is 0. The van der Waals surface area contributed by atoms with Crippen LogP contribution in [0, 0.1) is 0 Å². The summed E-state index contributed by atoms with van der Waals surface area (Å²) in [7, 11) is 0. The highest BCUT2D eigenvalue weighted by atomic mass is 16.5. The SMILES string of the molecule is O=C(NO)c1ccc2oc(Nc3cccc(OCc4ccccc4)c3)nc2c1. The first kappa shape index (κ1) is 17.6. The Balaban J connectivity index is 1.48. The highest BCUT2D eigenvalue weighted by molar-refractivity contribution is 5.96. The van der Waals surface area contributed by atoms with E-state index in [0.717, 1.165) is 11.3 Å². The molecule has 1 heterocycles.